The summed E-state index contributed by atoms with van der Waals surface area (Å²) in [5.74, 6) is 13.5. The second-order valence-corrected chi connectivity index (χ2v) is 12.9. The van der Waals surface area contributed by atoms with Gasteiger partial charge in [-0.15, -0.1) is 0 Å². The molecule has 0 aromatic heterocycles. The molecule has 0 aliphatic heterocycles. The third-order valence-corrected chi connectivity index (χ3v) is 7.82. The third-order valence-electron chi connectivity index (χ3n) is 7.82. The third kappa shape index (κ3) is 11.1. The summed E-state index contributed by atoms with van der Waals surface area (Å²) in [7, 11) is 0. The Bertz CT molecular complexity index is 1310. The van der Waals surface area contributed by atoms with Gasteiger partial charge < -0.3 is 0 Å². The molecule has 2 rings (SSSR count). The highest BCUT2D eigenvalue weighted by atomic mass is 14.3. The van der Waals surface area contributed by atoms with Crippen molar-refractivity contribution < 1.29 is 0 Å². The van der Waals surface area contributed by atoms with Gasteiger partial charge in [0.25, 0.3) is 0 Å². The van der Waals surface area contributed by atoms with Crippen molar-refractivity contribution in [3.8, 4) is 23.7 Å². The second kappa shape index (κ2) is 15.5. The van der Waals surface area contributed by atoms with Crippen LogP contribution in [0.1, 0.15) is 101 Å². The molecule has 0 nitrogen and oxygen atoms in total. The van der Waals surface area contributed by atoms with E-state index in [0.717, 1.165) is 24.8 Å². The molecule has 0 radical (unpaired) electrons. The van der Waals surface area contributed by atoms with E-state index in [9.17, 15) is 0 Å². The van der Waals surface area contributed by atoms with Crippen molar-refractivity contribution in [2.24, 2.45) is 16.7 Å². The topological polar surface area (TPSA) is 0 Å². The highest BCUT2D eigenvalue weighted by molar-refractivity contribution is 5.42. The summed E-state index contributed by atoms with van der Waals surface area (Å²) in [6.45, 7) is 22.3. The first-order valence-electron chi connectivity index (χ1n) is 14.9. The molecule has 0 saturated carbocycles. The van der Waals surface area contributed by atoms with E-state index < -0.39 is 0 Å². The fourth-order valence-corrected chi connectivity index (χ4v) is 5.15. The van der Waals surface area contributed by atoms with Crippen molar-refractivity contribution in [3.63, 3.8) is 0 Å². The Kier molecular flexibility index (Phi) is 12.8. The highest BCUT2D eigenvalue weighted by Gasteiger charge is 2.26. The maximum absolute atomic E-state index is 3.37. The van der Waals surface area contributed by atoms with Gasteiger partial charge in [0, 0.05) is 18.8 Å². The van der Waals surface area contributed by atoms with Gasteiger partial charge in [-0.1, -0.05) is 136 Å². The van der Waals surface area contributed by atoms with Crippen LogP contribution in [-0.4, -0.2) is 0 Å². The number of allylic oxidation sites excluding steroid dienone is 18. The van der Waals surface area contributed by atoms with Crippen molar-refractivity contribution in [2.45, 2.75) is 101 Å². The lowest BCUT2D eigenvalue weighted by Gasteiger charge is -2.32. The Hall–Kier alpha value is -3.22. The van der Waals surface area contributed by atoms with Crippen LogP contribution in [0.4, 0.5) is 0 Å². The summed E-state index contributed by atoms with van der Waals surface area (Å²) in [4.78, 5) is 0. The normalized spacial score (nSPS) is 21.3. The fourth-order valence-electron chi connectivity index (χ4n) is 5.15. The van der Waals surface area contributed by atoms with E-state index in [4.69, 9.17) is 0 Å². The van der Waals surface area contributed by atoms with E-state index in [-0.39, 0.29) is 16.7 Å². The van der Waals surface area contributed by atoms with Crippen LogP contribution in [0.5, 0.6) is 0 Å². The maximum atomic E-state index is 3.37. The summed E-state index contributed by atoms with van der Waals surface area (Å²) >= 11 is 0. The minimum Gasteiger partial charge on any atom is -0.0989 e. The van der Waals surface area contributed by atoms with E-state index in [1.807, 2.05) is 6.08 Å². The van der Waals surface area contributed by atoms with E-state index in [2.05, 4.69) is 154 Å². The van der Waals surface area contributed by atoms with Gasteiger partial charge in [0.05, 0.1) is 0 Å². The number of hydrogen-bond donors (Lipinski definition) is 0. The van der Waals surface area contributed by atoms with Crippen molar-refractivity contribution >= 4 is 0 Å². The SMILES string of the molecule is CC1=CCCC(C)(C)/C1=C/C=C(\C)CC#CC(C)CC#C/C=C(C)/C=C/C=C(C)/C=C/C1=C(C)C=CCC1(C)C. The standard InChI is InChI=1S/C40H52/c1-31(19-13-21-33(3)25-27-37-35(5)23-15-29-39(37,7)8)17-11-12-18-32(2)20-14-22-34(4)26-28-38-36(6)24-16-30-40(38,9)10/h13,15,17,19,21,23-28,32H,16,18,22,29-30H2,1-10H3/b19-13+,27-25+,31-17+,33-21+,34-26+,38-28+. The van der Waals surface area contributed by atoms with Gasteiger partial charge in [-0.2, -0.15) is 0 Å². The average molecular weight is 533 g/mol. The molecule has 0 heteroatoms. The van der Waals surface area contributed by atoms with Gasteiger partial charge >= 0.3 is 0 Å². The minimum atomic E-state index is 0.198. The Balaban J connectivity index is 1.85. The van der Waals surface area contributed by atoms with Crippen LogP contribution in [0.15, 0.2) is 106 Å². The molecule has 1 atom stereocenters. The molecule has 40 heavy (non-hydrogen) atoms. The summed E-state index contributed by atoms with van der Waals surface area (Å²) in [6.07, 6.45) is 29.4. The molecule has 0 bridgehead atoms. The lowest BCUT2D eigenvalue weighted by atomic mass is 9.73. The van der Waals surface area contributed by atoms with E-state index in [1.165, 1.54) is 46.3 Å². The quantitative estimate of drug-likeness (QED) is 0.226. The van der Waals surface area contributed by atoms with Crippen molar-refractivity contribution in [2.75, 3.05) is 0 Å². The first kappa shape index (κ1) is 33.0. The predicted molar refractivity (Wildman–Crippen MR) is 179 cm³/mol. The molecule has 0 heterocycles. The Morgan fingerprint density at radius 3 is 2.42 bits per heavy atom. The first-order chi connectivity index (χ1) is 18.8. The second-order valence-electron chi connectivity index (χ2n) is 12.9. The Morgan fingerprint density at radius 2 is 1.73 bits per heavy atom. The molecular weight excluding hydrogens is 480 g/mol. The van der Waals surface area contributed by atoms with Crippen LogP contribution in [0.3, 0.4) is 0 Å². The van der Waals surface area contributed by atoms with Gasteiger partial charge in [0.1, 0.15) is 0 Å². The Labute approximate surface area is 247 Å². The predicted octanol–water partition coefficient (Wildman–Crippen LogP) is 11.4. The summed E-state index contributed by atoms with van der Waals surface area (Å²) in [6, 6.07) is 0. The molecule has 0 aromatic rings. The molecule has 0 aromatic carbocycles. The molecule has 0 spiro atoms. The molecule has 2 aliphatic carbocycles. The maximum Gasteiger partial charge on any atom is 0.0299 e. The highest BCUT2D eigenvalue weighted by Crippen LogP contribution is 2.40. The van der Waals surface area contributed by atoms with Gasteiger partial charge in [0.2, 0.25) is 0 Å². The van der Waals surface area contributed by atoms with Crippen LogP contribution < -0.4 is 0 Å². The van der Waals surface area contributed by atoms with Crippen molar-refractivity contribution in [1.29, 1.82) is 0 Å². The monoisotopic (exact) mass is 532 g/mol. The van der Waals surface area contributed by atoms with Crippen molar-refractivity contribution in [3.05, 3.63) is 106 Å². The zero-order chi connectivity index (χ0) is 29.8. The summed E-state index contributed by atoms with van der Waals surface area (Å²) in [5.41, 5.74) is 9.81. The molecular formula is C40H52. The Morgan fingerprint density at radius 1 is 0.975 bits per heavy atom. The molecule has 1 unspecified atom stereocenters. The minimum absolute atomic E-state index is 0.198. The lowest BCUT2D eigenvalue weighted by Crippen LogP contribution is -2.18. The number of hydrogen-bond acceptors (Lipinski definition) is 0. The largest absolute Gasteiger partial charge is 0.0989 e. The van der Waals surface area contributed by atoms with Gasteiger partial charge in [0.15, 0.2) is 0 Å². The van der Waals surface area contributed by atoms with Crippen LogP contribution >= 0.6 is 0 Å². The van der Waals surface area contributed by atoms with Crippen LogP contribution in [0.2, 0.25) is 0 Å². The van der Waals surface area contributed by atoms with Crippen molar-refractivity contribution in [1.82, 2.24) is 0 Å². The molecule has 0 N–H and O–H groups in total. The summed E-state index contributed by atoms with van der Waals surface area (Å²) < 4.78 is 0. The molecule has 0 fully saturated rings. The van der Waals surface area contributed by atoms with E-state index in [1.54, 1.807) is 0 Å². The molecule has 212 valence electrons. The molecule has 0 amide bonds. The smallest absolute Gasteiger partial charge is 0.0299 e. The lowest BCUT2D eigenvalue weighted by molar-refractivity contribution is 0.404. The average Bonchev–Trinajstić information content (AvgIpc) is 2.85. The zero-order valence-electron chi connectivity index (χ0n) is 27.0. The van der Waals surface area contributed by atoms with Gasteiger partial charge in [-0.25, -0.2) is 0 Å². The zero-order valence-corrected chi connectivity index (χ0v) is 27.0. The van der Waals surface area contributed by atoms with E-state index in [0.29, 0.717) is 0 Å². The van der Waals surface area contributed by atoms with Crippen LogP contribution in [0, 0.1) is 40.4 Å². The first-order valence-corrected chi connectivity index (χ1v) is 14.9. The van der Waals surface area contributed by atoms with Crippen LogP contribution in [-0.2, 0) is 0 Å². The van der Waals surface area contributed by atoms with Gasteiger partial charge in [-0.05, 0) is 93.1 Å². The number of rotatable bonds is 7. The molecule has 0 saturated heterocycles. The molecule has 2 aliphatic rings. The van der Waals surface area contributed by atoms with Crippen LogP contribution in [0.25, 0.3) is 0 Å². The van der Waals surface area contributed by atoms with E-state index >= 15 is 0 Å². The van der Waals surface area contributed by atoms with Gasteiger partial charge in [-0.3, -0.25) is 0 Å². The summed E-state index contributed by atoms with van der Waals surface area (Å²) in [5, 5.41) is 0. The fraction of sp³-hybridized carbons (Fsp3) is 0.450.